The van der Waals surface area contributed by atoms with E-state index in [1.807, 2.05) is 44.2 Å². The molecule has 0 saturated carbocycles. The quantitative estimate of drug-likeness (QED) is 0.495. The smallest absolute Gasteiger partial charge is 0.199 e. The van der Waals surface area contributed by atoms with Gasteiger partial charge in [0.1, 0.15) is 5.75 Å². The van der Waals surface area contributed by atoms with E-state index in [-0.39, 0.29) is 0 Å². The van der Waals surface area contributed by atoms with Crippen molar-refractivity contribution < 1.29 is 23.2 Å². The van der Waals surface area contributed by atoms with Crippen LogP contribution < -0.4 is 0 Å². The molecular formula is C15H18O5S2. The van der Waals surface area contributed by atoms with E-state index in [2.05, 4.69) is 0 Å². The zero-order chi connectivity index (χ0) is 16.9. The van der Waals surface area contributed by atoms with Crippen molar-refractivity contribution in [2.75, 3.05) is 6.26 Å². The number of rotatable bonds is 2. The second-order valence-corrected chi connectivity index (χ2v) is 7.36. The van der Waals surface area contributed by atoms with Gasteiger partial charge in [0.25, 0.3) is 0 Å². The Morgan fingerprint density at radius 2 is 1.50 bits per heavy atom. The Morgan fingerprint density at radius 3 is 1.95 bits per heavy atom. The highest BCUT2D eigenvalue weighted by molar-refractivity contribution is 7.84. The number of phenolic OH excluding ortho intramolecular Hbond substituents is 2. The van der Waals surface area contributed by atoms with Gasteiger partial charge in [-0.2, -0.15) is 0 Å². The first kappa shape index (κ1) is 18.3. The Labute approximate surface area is 134 Å². The first-order valence-corrected chi connectivity index (χ1v) is 9.00. The van der Waals surface area contributed by atoms with Crippen LogP contribution in [-0.4, -0.2) is 29.4 Å². The fraction of sp³-hybridized carbons (Fsp3) is 0.200. The molecule has 2 rings (SSSR count). The van der Waals surface area contributed by atoms with Crippen LogP contribution in [0, 0.1) is 13.8 Å². The molecule has 0 bridgehead atoms. The molecule has 0 unspecified atom stereocenters. The Hall–Kier alpha value is -1.70. The van der Waals surface area contributed by atoms with Crippen molar-refractivity contribution in [1.29, 1.82) is 0 Å². The molecule has 0 fully saturated rings. The minimum atomic E-state index is -3.92. The summed E-state index contributed by atoms with van der Waals surface area (Å²) in [5.41, 5.74) is 1.73. The highest BCUT2D eigenvalue weighted by atomic mass is 32.2. The van der Waals surface area contributed by atoms with E-state index in [9.17, 15) is 10.2 Å². The average molecular weight is 342 g/mol. The van der Waals surface area contributed by atoms with Crippen molar-refractivity contribution in [3.8, 4) is 11.5 Å². The van der Waals surface area contributed by atoms with E-state index in [1.54, 1.807) is 6.07 Å². The van der Waals surface area contributed by atoms with Crippen LogP contribution in [0.15, 0.2) is 46.2 Å². The molecule has 0 heterocycles. The van der Waals surface area contributed by atoms with E-state index < -0.39 is 10.1 Å². The summed E-state index contributed by atoms with van der Waals surface area (Å²) in [7, 11) is -3.92. The van der Waals surface area contributed by atoms with Crippen molar-refractivity contribution in [3.05, 3.63) is 47.5 Å². The number of phenols is 2. The van der Waals surface area contributed by atoms with Crippen molar-refractivity contribution in [3.63, 3.8) is 0 Å². The summed E-state index contributed by atoms with van der Waals surface area (Å²) in [5, 5.41) is 19.4. The molecule has 22 heavy (non-hydrogen) atoms. The van der Waals surface area contributed by atoms with Crippen LogP contribution >= 0.6 is 0 Å². The van der Waals surface area contributed by atoms with Crippen LogP contribution in [0.25, 0.3) is 0 Å². The molecule has 0 radical (unpaired) electrons. The van der Waals surface area contributed by atoms with Gasteiger partial charge in [-0.15, -0.1) is 0 Å². The Kier molecular flexibility index (Phi) is 6.28. The molecule has 120 valence electrons. The largest absolute Gasteiger partial charge is 0.748 e. The third-order valence-corrected chi connectivity index (χ3v) is 3.74. The predicted octanol–water partition coefficient (Wildman–Crippen LogP) is 2.11. The van der Waals surface area contributed by atoms with Crippen LogP contribution in [0.1, 0.15) is 11.1 Å². The summed E-state index contributed by atoms with van der Waals surface area (Å²) >= 11 is 0.947. The van der Waals surface area contributed by atoms with Gasteiger partial charge in [-0.25, -0.2) is 8.42 Å². The lowest BCUT2D eigenvalue weighted by atomic mass is 10.1. The van der Waals surface area contributed by atoms with Gasteiger partial charge in [0.15, 0.2) is 15.5 Å². The van der Waals surface area contributed by atoms with Crippen LogP contribution in [0.2, 0.25) is 0 Å². The molecule has 7 heteroatoms. The molecule has 0 aliphatic heterocycles. The maximum Gasteiger partial charge on any atom is 0.199 e. The average Bonchev–Trinajstić information content (AvgIpc) is 2.37. The fourth-order valence-corrected chi connectivity index (χ4v) is 2.84. The number of thiol groups is 1. The SMILES string of the molecule is CS(=O)(=O)[O-].Cc1cc([SH+]c2ccccc2O)cc(C)c1O. The first-order valence-electron chi connectivity index (χ1n) is 6.28. The van der Waals surface area contributed by atoms with Gasteiger partial charge in [-0.3, -0.25) is 0 Å². The molecule has 0 spiro atoms. The lowest BCUT2D eigenvalue weighted by Crippen LogP contribution is -1.89. The third-order valence-electron chi connectivity index (χ3n) is 2.61. The van der Waals surface area contributed by atoms with Crippen LogP contribution in [-0.2, 0) is 21.9 Å². The minimum Gasteiger partial charge on any atom is -0.748 e. The fourth-order valence-electron chi connectivity index (χ4n) is 1.70. The van der Waals surface area contributed by atoms with Crippen molar-refractivity contribution >= 4 is 21.9 Å². The van der Waals surface area contributed by atoms with Gasteiger partial charge in [0, 0.05) is 18.4 Å². The van der Waals surface area contributed by atoms with Crippen LogP contribution in [0.3, 0.4) is 0 Å². The third kappa shape index (κ3) is 6.38. The zero-order valence-corrected chi connectivity index (χ0v) is 14.1. The predicted molar refractivity (Wildman–Crippen MR) is 86.6 cm³/mol. The van der Waals surface area contributed by atoms with Gasteiger partial charge in [0.05, 0.1) is 21.9 Å². The Morgan fingerprint density at radius 1 is 1.05 bits per heavy atom. The highest BCUT2D eigenvalue weighted by Crippen LogP contribution is 2.27. The van der Waals surface area contributed by atoms with Crippen LogP contribution in [0.5, 0.6) is 11.5 Å². The Balaban J connectivity index is 0.000000422. The Bertz CT molecular complexity index is 723. The second kappa shape index (κ2) is 7.53. The molecule has 0 aromatic heterocycles. The normalized spacial score (nSPS) is 10.7. The topological polar surface area (TPSA) is 97.7 Å². The number of hydrogen-bond donors (Lipinski definition) is 2. The van der Waals surface area contributed by atoms with Gasteiger partial charge in [-0.1, -0.05) is 12.1 Å². The van der Waals surface area contributed by atoms with E-state index in [0.29, 0.717) is 17.8 Å². The standard InChI is InChI=1S/C14H14O2S.CH4O3S/c1-9-7-11(8-10(2)14(9)16)17-13-6-4-3-5-12(13)15;1-5(2,3)4/h3-8,15-16H,1-2H3;1H3,(H,2,3,4). The van der Waals surface area contributed by atoms with Gasteiger partial charge in [-0.05, 0) is 37.1 Å². The molecule has 2 aromatic rings. The van der Waals surface area contributed by atoms with Crippen LogP contribution in [0.4, 0.5) is 0 Å². The number of benzene rings is 2. The molecule has 0 atom stereocenters. The summed E-state index contributed by atoms with van der Waals surface area (Å²) in [6, 6.07) is 11.2. The summed E-state index contributed by atoms with van der Waals surface area (Å²) < 4.78 is 27.2. The highest BCUT2D eigenvalue weighted by Gasteiger charge is 2.14. The van der Waals surface area contributed by atoms with E-state index in [1.165, 1.54) is 0 Å². The van der Waals surface area contributed by atoms with Gasteiger partial charge >= 0.3 is 0 Å². The summed E-state index contributed by atoms with van der Waals surface area (Å²) in [5.74, 6) is 0.652. The molecule has 0 aliphatic rings. The minimum absolute atomic E-state index is 0.303. The maximum absolute atomic E-state index is 9.71. The first-order chi connectivity index (χ1) is 10.1. The molecule has 2 aromatic carbocycles. The van der Waals surface area contributed by atoms with E-state index >= 15 is 0 Å². The lowest BCUT2D eigenvalue weighted by molar-refractivity contribution is 0.462. The van der Waals surface area contributed by atoms with Crippen molar-refractivity contribution in [2.45, 2.75) is 23.6 Å². The maximum atomic E-state index is 9.71. The van der Waals surface area contributed by atoms with Crippen molar-refractivity contribution in [1.82, 2.24) is 0 Å². The molecule has 0 amide bonds. The monoisotopic (exact) mass is 342 g/mol. The summed E-state index contributed by atoms with van der Waals surface area (Å²) in [6.45, 7) is 3.76. The number of aromatic hydroxyl groups is 2. The van der Waals surface area contributed by atoms with E-state index in [0.717, 1.165) is 32.7 Å². The lowest BCUT2D eigenvalue weighted by Gasteiger charge is -2.03. The summed E-state index contributed by atoms with van der Waals surface area (Å²) in [6.07, 6.45) is 0.604. The molecular weight excluding hydrogens is 324 g/mol. The van der Waals surface area contributed by atoms with Gasteiger partial charge in [0.2, 0.25) is 0 Å². The summed E-state index contributed by atoms with van der Waals surface area (Å²) in [4.78, 5) is 1.94. The molecule has 5 nitrogen and oxygen atoms in total. The van der Waals surface area contributed by atoms with E-state index in [4.69, 9.17) is 13.0 Å². The number of hydrogen-bond acceptors (Lipinski definition) is 5. The number of aryl methyl sites for hydroxylation is 2. The van der Waals surface area contributed by atoms with Crippen molar-refractivity contribution in [2.24, 2.45) is 0 Å². The molecule has 0 saturated heterocycles. The number of para-hydroxylation sites is 1. The second-order valence-electron chi connectivity index (χ2n) is 4.73. The van der Waals surface area contributed by atoms with Gasteiger partial charge < -0.3 is 14.8 Å². The molecule has 0 aliphatic carbocycles. The molecule has 2 N–H and O–H groups in total. The zero-order valence-electron chi connectivity index (χ0n) is 12.4.